The second-order valence-electron chi connectivity index (χ2n) is 10.6. The molecule has 7 heteroatoms. The summed E-state index contributed by atoms with van der Waals surface area (Å²) in [4.78, 5) is 30.0. The molecule has 2 aliphatic heterocycles. The topological polar surface area (TPSA) is 60.9 Å². The molecule has 5 rings (SSSR count). The summed E-state index contributed by atoms with van der Waals surface area (Å²) in [5.41, 5.74) is 1.58. The van der Waals surface area contributed by atoms with Gasteiger partial charge in [0.2, 0.25) is 0 Å². The van der Waals surface area contributed by atoms with Crippen LogP contribution in [0, 0.1) is 0 Å². The van der Waals surface area contributed by atoms with E-state index < -0.39 is 11.4 Å². The summed E-state index contributed by atoms with van der Waals surface area (Å²) in [7, 11) is 0. The smallest absolute Gasteiger partial charge is 0.314 e. The third-order valence-electron chi connectivity index (χ3n) is 8.55. The van der Waals surface area contributed by atoms with Gasteiger partial charge in [-0.3, -0.25) is 9.59 Å². The lowest BCUT2D eigenvalue weighted by Crippen LogP contribution is -2.48. The van der Waals surface area contributed by atoms with Gasteiger partial charge in [-0.15, -0.1) is 0 Å². The number of carboxylic acid groups (broad SMARTS) is 1. The Bertz CT molecular complexity index is 1290. The molecule has 1 atom stereocenters. The maximum atomic E-state index is 13.3. The molecule has 3 aromatic carbocycles. The summed E-state index contributed by atoms with van der Waals surface area (Å²) in [5, 5.41) is 11.2. The summed E-state index contributed by atoms with van der Waals surface area (Å²) in [6, 6.07) is 24.8. The lowest BCUT2D eigenvalue weighted by atomic mass is 9.72. The van der Waals surface area contributed by atoms with Gasteiger partial charge in [-0.2, -0.15) is 0 Å². The minimum Gasteiger partial charge on any atom is -0.481 e. The van der Waals surface area contributed by atoms with Crippen molar-refractivity contribution in [3.8, 4) is 0 Å². The first-order valence-corrected chi connectivity index (χ1v) is 13.9. The number of hydrogen-bond donors (Lipinski definition) is 1. The van der Waals surface area contributed by atoms with Crippen LogP contribution in [0.3, 0.4) is 0 Å². The van der Waals surface area contributed by atoms with Crippen molar-refractivity contribution in [2.75, 3.05) is 32.7 Å². The van der Waals surface area contributed by atoms with Gasteiger partial charge in [0.15, 0.2) is 0 Å². The standard InChI is InChI=1S/C31H32Cl2N2O3/c32-26-12-11-25(21-27(26)33)30(14-20-35(22-30)28(36)23-7-3-1-4-8-23)13-17-34-18-15-31(16-19-34,29(37)38)24-9-5-2-6-10-24/h1-12,21H,13-20,22H2,(H,37,38)/t30-/m0/s1. The van der Waals surface area contributed by atoms with E-state index in [1.54, 1.807) is 0 Å². The lowest BCUT2D eigenvalue weighted by molar-refractivity contribution is -0.146. The van der Waals surface area contributed by atoms with Gasteiger partial charge < -0.3 is 14.9 Å². The van der Waals surface area contributed by atoms with E-state index in [9.17, 15) is 14.7 Å². The van der Waals surface area contributed by atoms with Crippen molar-refractivity contribution in [3.05, 3.63) is 106 Å². The molecule has 0 radical (unpaired) electrons. The van der Waals surface area contributed by atoms with Crippen LogP contribution >= 0.6 is 23.2 Å². The van der Waals surface area contributed by atoms with Gasteiger partial charge in [-0.25, -0.2) is 0 Å². The fraction of sp³-hybridized carbons (Fsp3) is 0.355. The zero-order valence-corrected chi connectivity index (χ0v) is 22.8. The molecular formula is C31H32Cl2N2O3. The second-order valence-corrected chi connectivity index (χ2v) is 11.4. The number of amides is 1. The Balaban J connectivity index is 1.33. The molecule has 38 heavy (non-hydrogen) atoms. The number of carbonyl (C=O) groups excluding carboxylic acids is 1. The van der Waals surface area contributed by atoms with Crippen molar-refractivity contribution < 1.29 is 14.7 Å². The molecule has 1 amide bonds. The Morgan fingerprint density at radius 1 is 0.789 bits per heavy atom. The highest BCUT2D eigenvalue weighted by Crippen LogP contribution is 2.42. The Kier molecular flexibility index (Phi) is 7.80. The Hall–Kier alpha value is -2.86. The second kappa shape index (κ2) is 11.1. The van der Waals surface area contributed by atoms with Crippen LogP contribution < -0.4 is 0 Å². The minimum absolute atomic E-state index is 0.0413. The van der Waals surface area contributed by atoms with Gasteiger partial charge in [0.1, 0.15) is 0 Å². The molecule has 0 aromatic heterocycles. The van der Waals surface area contributed by atoms with Crippen molar-refractivity contribution in [1.82, 2.24) is 9.80 Å². The van der Waals surface area contributed by atoms with E-state index in [0.29, 0.717) is 54.6 Å². The first kappa shape index (κ1) is 26.7. The van der Waals surface area contributed by atoms with Crippen LogP contribution in [0.5, 0.6) is 0 Å². The fourth-order valence-corrected chi connectivity index (χ4v) is 6.43. The van der Waals surface area contributed by atoms with E-state index in [1.807, 2.05) is 83.8 Å². The van der Waals surface area contributed by atoms with Gasteiger partial charge in [-0.1, -0.05) is 77.8 Å². The van der Waals surface area contributed by atoms with Gasteiger partial charge >= 0.3 is 5.97 Å². The molecule has 3 aromatic rings. The highest BCUT2D eigenvalue weighted by molar-refractivity contribution is 6.42. The first-order valence-electron chi connectivity index (χ1n) is 13.1. The average Bonchev–Trinajstić information content (AvgIpc) is 3.40. The van der Waals surface area contributed by atoms with E-state index in [0.717, 1.165) is 30.5 Å². The van der Waals surface area contributed by atoms with Crippen molar-refractivity contribution in [2.45, 2.75) is 36.5 Å². The average molecular weight is 552 g/mol. The molecule has 5 nitrogen and oxygen atoms in total. The Labute approximate surface area is 234 Å². The SMILES string of the molecule is O=C(c1ccccc1)N1CC[C@](CCN2CCC(C(=O)O)(c3ccccc3)CC2)(c2ccc(Cl)c(Cl)c2)C1. The van der Waals surface area contributed by atoms with E-state index in [4.69, 9.17) is 23.2 Å². The van der Waals surface area contributed by atoms with Crippen LogP contribution in [-0.2, 0) is 15.6 Å². The molecule has 2 saturated heterocycles. The van der Waals surface area contributed by atoms with Crippen LogP contribution in [0.2, 0.25) is 10.0 Å². The summed E-state index contributed by atoms with van der Waals surface area (Å²) >= 11 is 12.7. The molecule has 0 aliphatic carbocycles. The van der Waals surface area contributed by atoms with Gasteiger partial charge in [0.05, 0.1) is 15.5 Å². The predicted molar refractivity (Wildman–Crippen MR) is 151 cm³/mol. The van der Waals surface area contributed by atoms with Crippen LogP contribution in [-0.4, -0.2) is 59.5 Å². The molecule has 0 saturated carbocycles. The molecule has 2 aliphatic rings. The number of piperidine rings is 1. The largest absolute Gasteiger partial charge is 0.481 e. The lowest BCUT2D eigenvalue weighted by Gasteiger charge is -2.40. The Morgan fingerprint density at radius 3 is 2.08 bits per heavy atom. The molecular weight excluding hydrogens is 519 g/mol. The van der Waals surface area contributed by atoms with Crippen molar-refractivity contribution in [2.24, 2.45) is 0 Å². The number of hydrogen-bond acceptors (Lipinski definition) is 3. The number of likely N-dealkylation sites (tertiary alicyclic amines) is 2. The summed E-state index contributed by atoms with van der Waals surface area (Å²) in [6.07, 6.45) is 2.82. The highest BCUT2D eigenvalue weighted by Gasteiger charge is 2.45. The van der Waals surface area contributed by atoms with E-state index in [1.165, 1.54) is 0 Å². The van der Waals surface area contributed by atoms with E-state index in [-0.39, 0.29) is 11.3 Å². The quantitative estimate of drug-likeness (QED) is 0.375. The third-order valence-corrected chi connectivity index (χ3v) is 9.28. The van der Waals surface area contributed by atoms with Crippen LogP contribution in [0.4, 0.5) is 0 Å². The van der Waals surface area contributed by atoms with E-state index in [2.05, 4.69) is 4.90 Å². The van der Waals surface area contributed by atoms with Gasteiger partial charge in [0.25, 0.3) is 5.91 Å². The number of carboxylic acids is 1. The molecule has 0 bridgehead atoms. The summed E-state index contributed by atoms with van der Waals surface area (Å²) < 4.78 is 0. The van der Waals surface area contributed by atoms with Crippen molar-refractivity contribution in [1.29, 1.82) is 0 Å². The van der Waals surface area contributed by atoms with E-state index >= 15 is 0 Å². The number of aliphatic carboxylic acids is 1. The third kappa shape index (κ3) is 5.20. The Morgan fingerprint density at radius 2 is 1.45 bits per heavy atom. The number of halogens is 2. The van der Waals surface area contributed by atoms with Gasteiger partial charge in [0, 0.05) is 24.1 Å². The zero-order chi connectivity index (χ0) is 26.8. The molecule has 198 valence electrons. The molecule has 1 N–H and O–H groups in total. The monoisotopic (exact) mass is 550 g/mol. The van der Waals surface area contributed by atoms with Gasteiger partial charge in [-0.05, 0) is 80.7 Å². The highest BCUT2D eigenvalue weighted by atomic mass is 35.5. The first-order chi connectivity index (χ1) is 18.3. The van der Waals surface area contributed by atoms with Crippen molar-refractivity contribution >= 4 is 35.1 Å². The summed E-state index contributed by atoms with van der Waals surface area (Å²) in [6.45, 7) is 3.52. The number of benzene rings is 3. The molecule has 0 unspecified atom stereocenters. The maximum absolute atomic E-state index is 13.3. The molecule has 2 fully saturated rings. The zero-order valence-electron chi connectivity index (χ0n) is 21.3. The fourth-order valence-electron chi connectivity index (χ4n) is 6.13. The number of nitrogens with zero attached hydrogens (tertiary/aromatic N) is 2. The van der Waals surface area contributed by atoms with Crippen LogP contribution in [0.25, 0.3) is 0 Å². The summed E-state index contributed by atoms with van der Waals surface area (Å²) in [5.74, 6) is -0.707. The molecule has 2 heterocycles. The molecule has 0 spiro atoms. The predicted octanol–water partition coefficient (Wildman–Crippen LogP) is 6.29. The number of carbonyl (C=O) groups is 2. The van der Waals surface area contributed by atoms with Crippen molar-refractivity contribution in [3.63, 3.8) is 0 Å². The van der Waals surface area contributed by atoms with Crippen LogP contribution in [0.15, 0.2) is 78.9 Å². The minimum atomic E-state index is -0.842. The maximum Gasteiger partial charge on any atom is 0.314 e. The normalized spacial score (nSPS) is 21.4. The number of rotatable bonds is 7. The van der Waals surface area contributed by atoms with Crippen LogP contribution in [0.1, 0.15) is 47.2 Å².